The lowest BCUT2D eigenvalue weighted by atomic mass is 10.1. The molecule has 1 N–H and O–H groups in total. The highest BCUT2D eigenvalue weighted by atomic mass is 32.2. The van der Waals surface area contributed by atoms with Gasteiger partial charge < -0.3 is 9.63 Å². The molecule has 2 rings (SSSR count). The topological polar surface area (TPSA) is 97.5 Å². The van der Waals surface area contributed by atoms with Gasteiger partial charge in [0.2, 0.25) is 0 Å². The molecule has 0 radical (unpaired) electrons. The van der Waals surface area contributed by atoms with Crippen LogP contribution in [0.2, 0.25) is 0 Å². The second-order valence-electron chi connectivity index (χ2n) is 4.02. The summed E-state index contributed by atoms with van der Waals surface area (Å²) < 4.78 is 29.0. The van der Waals surface area contributed by atoms with Gasteiger partial charge in [-0.25, -0.2) is 13.2 Å². The van der Waals surface area contributed by atoms with E-state index in [4.69, 9.17) is 9.63 Å². The predicted octanol–water partition coefficient (Wildman–Crippen LogP) is 1.66. The Bertz CT molecular complexity index is 704. The van der Waals surface area contributed by atoms with E-state index in [1.165, 1.54) is 24.4 Å². The van der Waals surface area contributed by atoms with Gasteiger partial charge in [0.05, 0.1) is 16.7 Å². The van der Waals surface area contributed by atoms with Gasteiger partial charge in [-0.05, 0) is 24.6 Å². The standard InChI is InChI=1S/C12H11NO5S/c1-8-2-3-10(6-11(8)12(14)15)19(16,17)7-9-4-5-13-18-9/h2-6H,7H2,1H3,(H,14,15). The van der Waals surface area contributed by atoms with E-state index in [-0.39, 0.29) is 22.0 Å². The minimum Gasteiger partial charge on any atom is -0.478 e. The van der Waals surface area contributed by atoms with Crippen molar-refractivity contribution >= 4 is 15.8 Å². The summed E-state index contributed by atoms with van der Waals surface area (Å²) in [6, 6.07) is 5.46. The number of carbonyl (C=O) groups is 1. The van der Waals surface area contributed by atoms with E-state index in [0.717, 1.165) is 6.07 Å². The number of benzene rings is 1. The van der Waals surface area contributed by atoms with E-state index in [1.54, 1.807) is 6.92 Å². The first-order valence-electron chi connectivity index (χ1n) is 5.36. The third-order valence-electron chi connectivity index (χ3n) is 2.62. The molecule has 0 amide bonds. The number of carboxylic acids is 1. The van der Waals surface area contributed by atoms with Crippen molar-refractivity contribution in [2.24, 2.45) is 0 Å². The Morgan fingerprint density at radius 3 is 2.68 bits per heavy atom. The average molecular weight is 281 g/mol. The largest absolute Gasteiger partial charge is 0.478 e. The molecule has 0 saturated carbocycles. The molecule has 1 aromatic heterocycles. The number of aryl methyl sites for hydroxylation is 1. The van der Waals surface area contributed by atoms with Crippen molar-refractivity contribution in [3.8, 4) is 0 Å². The number of aromatic nitrogens is 1. The molecular weight excluding hydrogens is 270 g/mol. The Morgan fingerprint density at radius 2 is 2.11 bits per heavy atom. The van der Waals surface area contributed by atoms with Crippen molar-refractivity contribution in [3.63, 3.8) is 0 Å². The van der Waals surface area contributed by atoms with Gasteiger partial charge in [-0.3, -0.25) is 0 Å². The van der Waals surface area contributed by atoms with Gasteiger partial charge in [-0.2, -0.15) is 0 Å². The molecule has 0 aliphatic rings. The number of nitrogens with zero attached hydrogens (tertiary/aromatic N) is 1. The third kappa shape index (κ3) is 2.82. The number of rotatable bonds is 4. The molecule has 6 nitrogen and oxygen atoms in total. The zero-order valence-corrected chi connectivity index (χ0v) is 10.8. The Kier molecular flexibility index (Phi) is 3.39. The molecule has 0 bridgehead atoms. The van der Waals surface area contributed by atoms with Gasteiger partial charge in [0.15, 0.2) is 15.6 Å². The average Bonchev–Trinajstić information content (AvgIpc) is 2.80. The summed E-state index contributed by atoms with van der Waals surface area (Å²) in [6.45, 7) is 1.61. The number of hydrogen-bond donors (Lipinski definition) is 1. The van der Waals surface area contributed by atoms with Gasteiger partial charge in [0.25, 0.3) is 0 Å². The maximum Gasteiger partial charge on any atom is 0.335 e. The summed E-state index contributed by atoms with van der Waals surface area (Å²) in [7, 11) is -3.65. The van der Waals surface area contributed by atoms with Crippen LogP contribution >= 0.6 is 0 Å². The maximum absolute atomic E-state index is 12.1. The SMILES string of the molecule is Cc1ccc(S(=O)(=O)Cc2ccno2)cc1C(=O)O. The van der Waals surface area contributed by atoms with Gasteiger partial charge in [0.1, 0.15) is 5.75 Å². The third-order valence-corrected chi connectivity index (χ3v) is 4.26. The Hall–Kier alpha value is -2.15. The van der Waals surface area contributed by atoms with Crippen molar-refractivity contribution in [3.05, 3.63) is 47.3 Å². The van der Waals surface area contributed by atoms with Crippen LogP contribution in [0.25, 0.3) is 0 Å². The Balaban J connectivity index is 2.41. The van der Waals surface area contributed by atoms with Crippen LogP contribution in [0, 0.1) is 6.92 Å². The molecule has 0 aliphatic heterocycles. The molecule has 2 aromatic rings. The monoisotopic (exact) mass is 281 g/mol. The van der Waals surface area contributed by atoms with Crippen LogP contribution in [0.1, 0.15) is 21.7 Å². The number of carboxylic acid groups (broad SMARTS) is 1. The van der Waals surface area contributed by atoms with E-state index in [2.05, 4.69) is 5.16 Å². The fourth-order valence-corrected chi connectivity index (χ4v) is 2.88. The molecule has 0 saturated heterocycles. The fraction of sp³-hybridized carbons (Fsp3) is 0.167. The second kappa shape index (κ2) is 4.85. The van der Waals surface area contributed by atoms with Crippen LogP contribution in [0.5, 0.6) is 0 Å². The highest BCUT2D eigenvalue weighted by Gasteiger charge is 2.20. The van der Waals surface area contributed by atoms with Crippen LogP contribution in [-0.2, 0) is 15.6 Å². The summed E-state index contributed by atoms with van der Waals surface area (Å²) in [4.78, 5) is 10.9. The Labute approximate surface area is 109 Å². The lowest BCUT2D eigenvalue weighted by Gasteiger charge is -2.05. The molecule has 0 atom stereocenters. The summed E-state index contributed by atoms with van der Waals surface area (Å²) in [5, 5.41) is 12.4. The summed E-state index contributed by atoms with van der Waals surface area (Å²) >= 11 is 0. The van der Waals surface area contributed by atoms with Gasteiger partial charge >= 0.3 is 5.97 Å². The lowest BCUT2D eigenvalue weighted by Crippen LogP contribution is -2.07. The van der Waals surface area contributed by atoms with Crippen molar-refractivity contribution in [2.75, 3.05) is 0 Å². The minimum atomic E-state index is -3.65. The molecule has 0 unspecified atom stereocenters. The van der Waals surface area contributed by atoms with E-state index in [9.17, 15) is 13.2 Å². The smallest absolute Gasteiger partial charge is 0.335 e. The van der Waals surface area contributed by atoms with Crippen molar-refractivity contribution < 1.29 is 22.8 Å². The molecule has 1 heterocycles. The highest BCUT2D eigenvalue weighted by Crippen LogP contribution is 2.19. The molecule has 0 spiro atoms. The zero-order chi connectivity index (χ0) is 14.0. The van der Waals surface area contributed by atoms with E-state index < -0.39 is 15.8 Å². The quantitative estimate of drug-likeness (QED) is 0.915. The van der Waals surface area contributed by atoms with Crippen LogP contribution in [-0.4, -0.2) is 24.7 Å². The van der Waals surface area contributed by atoms with Gasteiger partial charge in [-0.15, -0.1) is 0 Å². The first-order valence-corrected chi connectivity index (χ1v) is 7.01. The van der Waals surface area contributed by atoms with Gasteiger partial charge in [-0.1, -0.05) is 11.2 Å². The Morgan fingerprint density at radius 1 is 1.37 bits per heavy atom. The molecule has 1 aromatic carbocycles. The number of aromatic carboxylic acids is 1. The van der Waals surface area contributed by atoms with Crippen LogP contribution < -0.4 is 0 Å². The summed E-state index contributed by atoms with van der Waals surface area (Å²) in [5.74, 6) is -1.30. The van der Waals surface area contributed by atoms with Crippen LogP contribution in [0.15, 0.2) is 39.9 Å². The molecule has 100 valence electrons. The second-order valence-corrected chi connectivity index (χ2v) is 6.01. The lowest BCUT2D eigenvalue weighted by molar-refractivity contribution is 0.0696. The first kappa shape index (κ1) is 13.3. The number of sulfone groups is 1. The summed E-state index contributed by atoms with van der Waals surface area (Å²) in [5.41, 5.74) is 0.477. The number of hydrogen-bond acceptors (Lipinski definition) is 5. The molecule has 7 heteroatoms. The molecule has 0 fully saturated rings. The maximum atomic E-state index is 12.1. The minimum absolute atomic E-state index is 0.0290. The first-order chi connectivity index (χ1) is 8.90. The molecular formula is C12H11NO5S. The van der Waals surface area contributed by atoms with E-state index in [0.29, 0.717) is 5.56 Å². The zero-order valence-electron chi connectivity index (χ0n) is 10.0. The van der Waals surface area contributed by atoms with E-state index in [1.807, 2.05) is 0 Å². The molecule has 0 aliphatic carbocycles. The highest BCUT2D eigenvalue weighted by molar-refractivity contribution is 7.90. The van der Waals surface area contributed by atoms with Crippen LogP contribution in [0.4, 0.5) is 0 Å². The van der Waals surface area contributed by atoms with Crippen molar-refractivity contribution in [1.82, 2.24) is 5.16 Å². The van der Waals surface area contributed by atoms with E-state index >= 15 is 0 Å². The van der Waals surface area contributed by atoms with Crippen molar-refractivity contribution in [1.29, 1.82) is 0 Å². The predicted molar refractivity (Wildman–Crippen MR) is 65.5 cm³/mol. The van der Waals surface area contributed by atoms with Crippen LogP contribution in [0.3, 0.4) is 0 Å². The normalized spacial score (nSPS) is 11.4. The molecule has 19 heavy (non-hydrogen) atoms. The fourth-order valence-electron chi connectivity index (χ4n) is 1.61. The summed E-state index contributed by atoms with van der Waals surface area (Å²) in [6.07, 6.45) is 1.35. The van der Waals surface area contributed by atoms with Crippen molar-refractivity contribution in [2.45, 2.75) is 17.6 Å². The van der Waals surface area contributed by atoms with Gasteiger partial charge in [0, 0.05) is 6.07 Å².